The van der Waals surface area contributed by atoms with Crippen molar-refractivity contribution in [1.29, 1.82) is 5.26 Å². The van der Waals surface area contributed by atoms with Crippen molar-refractivity contribution in [2.24, 2.45) is 0 Å². The van der Waals surface area contributed by atoms with Crippen molar-refractivity contribution in [3.8, 4) is 17.5 Å². The second kappa shape index (κ2) is 13.6. The van der Waals surface area contributed by atoms with Gasteiger partial charge in [-0.1, -0.05) is 13.8 Å². The average Bonchev–Trinajstić information content (AvgIpc) is 3.52. The molecule has 2 fully saturated rings. The van der Waals surface area contributed by atoms with E-state index < -0.39 is 0 Å². The summed E-state index contributed by atoms with van der Waals surface area (Å²) in [5.74, 6) is 1.62. The molecule has 0 aliphatic carbocycles. The average molecular weight is 627 g/mol. The highest BCUT2D eigenvalue weighted by Gasteiger charge is 2.36. The quantitative estimate of drug-likeness (QED) is 0.347. The number of rotatable bonds is 9. The number of carbonyl (C=O) groups excluding carboxylic acids is 1. The molecule has 3 aromatic rings. The van der Waals surface area contributed by atoms with Crippen LogP contribution in [0.4, 0.5) is 17.5 Å². The van der Waals surface area contributed by atoms with E-state index in [-0.39, 0.29) is 24.0 Å². The topological polar surface area (TPSA) is 127 Å². The van der Waals surface area contributed by atoms with Gasteiger partial charge in [0.2, 0.25) is 5.95 Å². The number of hydrogen-bond donors (Lipinski definition) is 2. The minimum absolute atomic E-state index is 0.0500. The Morgan fingerprint density at radius 3 is 2.52 bits per heavy atom. The van der Waals surface area contributed by atoms with Gasteiger partial charge >= 0.3 is 0 Å². The van der Waals surface area contributed by atoms with Crippen molar-refractivity contribution in [2.45, 2.75) is 84.0 Å². The van der Waals surface area contributed by atoms with Gasteiger partial charge in [-0.15, -0.1) is 0 Å². The third kappa shape index (κ3) is 6.13. The zero-order valence-electron chi connectivity index (χ0n) is 27.7. The second-order valence-corrected chi connectivity index (χ2v) is 12.8. The number of piperidine rings is 2. The summed E-state index contributed by atoms with van der Waals surface area (Å²) in [7, 11) is 1.59. The van der Waals surface area contributed by atoms with Gasteiger partial charge in [0.05, 0.1) is 30.7 Å². The van der Waals surface area contributed by atoms with Crippen LogP contribution in [0.1, 0.15) is 87.6 Å². The fourth-order valence-electron chi connectivity index (χ4n) is 7.35. The Balaban J connectivity index is 1.13. The molecule has 2 saturated heterocycles. The van der Waals surface area contributed by atoms with E-state index in [2.05, 4.69) is 69.1 Å². The van der Waals surface area contributed by atoms with Gasteiger partial charge in [-0.05, 0) is 83.8 Å². The molecule has 1 unspecified atom stereocenters. The van der Waals surface area contributed by atoms with E-state index in [9.17, 15) is 10.1 Å². The molecular formula is C34H46N10O2. The lowest BCUT2D eigenvalue weighted by Gasteiger charge is -2.41. The molecule has 0 spiro atoms. The maximum Gasteiger partial charge on any atom is 0.251 e. The number of anilines is 3. The molecule has 0 bridgehead atoms. The fraction of sp³-hybridized carbons (Fsp3) is 0.559. The van der Waals surface area contributed by atoms with Crippen molar-refractivity contribution >= 4 is 23.4 Å². The standard InChI is InChI=1S/C34H46N10O2/c1-6-28-31-27(19-35)37-21-43(31)29-20-36-34(40-32(29)44(28)22(3)4)39-26-9-8-23(18-30(26)46-5)33(45)38-24-10-16-42(17-11-24)25-12-14-41(7-2)15-13-25/h8-9,18,20-22,24-25,28H,6-7,10-17H2,1-5H3,(H,38,45)(H,36,39,40). The summed E-state index contributed by atoms with van der Waals surface area (Å²) in [6.07, 6.45) is 8.65. The van der Waals surface area contributed by atoms with E-state index in [1.54, 1.807) is 25.7 Å². The van der Waals surface area contributed by atoms with Crippen molar-refractivity contribution in [2.75, 3.05) is 50.1 Å². The lowest BCUT2D eigenvalue weighted by Crippen LogP contribution is -2.51. The Morgan fingerprint density at radius 1 is 1.11 bits per heavy atom. The maximum absolute atomic E-state index is 13.3. The molecule has 12 heteroatoms. The normalized spacial score (nSPS) is 19.4. The van der Waals surface area contributed by atoms with Gasteiger partial charge in [0.1, 0.15) is 23.8 Å². The van der Waals surface area contributed by atoms with Crippen LogP contribution in [0.2, 0.25) is 0 Å². The first-order valence-corrected chi connectivity index (χ1v) is 16.7. The van der Waals surface area contributed by atoms with Crippen molar-refractivity contribution in [3.63, 3.8) is 0 Å². The van der Waals surface area contributed by atoms with Crippen LogP contribution < -0.4 is 20.3 Å². The van der Waals surface area contributed by atoms with E-state index in [1.165, 1.54) is 25.9 Å². The number of hydrogen-bond acceptors (Lipinski definition) is 10. The van der Waals surface area contributed by atoms with Crippen LogP contribution in [-0.4, -0.2) is 93.2 Å². The minimum Gasteiger partial charge on any atom is -0.495 e. The van der Waals surface area contributed by atoms with Crippen LogP contribution in [0, 0.1) is 11.3 Å². The van der Waals surface area contributed by atoms with Crippen LogP contribution in [0.3, 0.4) is 0 Å². The van der Waals surface area contributed by atoms with Gasteiger partial charge in [0.25, 0.3) is 5.91 Å². The van der Waals surface area contributed by atoms with E-state index in [0.717, 1.165) is 56.1 Å². The van der Waals surface area contributed by atoms with Crippen molar-refractivity contribution in [3.05, 3.63) is 47.7 Å². The van der Waals surface area contributed by atoms with Gasteiger partial charge in [-0.25, -0.2) is 9.97 Å². The summed E-state index contributed by atoms with van der Waals surface area (Å²) < 4.78 is 7.63. The molecule has 5 heterocycles. The molecule has 46 heavy (non-hydrogen) atoms. The molecule has 6 rings (SSSR count). The molecule has 2 aromatic heterocycles. The first kappa shape index (κ1) is 31.8. The number of aromatic nitrogens is 4. The van der Waals surface area contributed by atoms with Crippen molar-refractivity contribution in [1.82, 2.24) is 34.6 Å². The third-order valence-corrected chi connectivity index (χ3v) is 9.85. The maximum atomic E-state index is 13.3. The molecule has 1 atom stereocenters. The highest BCUT2D eigenvalue weighted by Crippen LogP contribution is 2.42. The Morgan fingerprint density at radius 2 is 1.87 bits per heavy atom. The van der Waals surface area contributed by atoms with Gasteiger partial charge in [0, 0.05) is 36.8 Å². The molecule has 3 aliphatic rings. The van der Waals surface area contributed by atoms with Gasteiger partial charge in [-0.2, -0.15) is 10.2 Å². The molecule has 1 amide bonds. The van der Waals surface area contributed by atoms with E-state index in [1.807, 2.05) is 16.7 Å². The first-order chi connectivity index (χ1) is 22.3. The Kier molecular flexibility index (Phi) is 9.42. The highest BCUT2D eigenvalue weighted by atomic mass is 16.5. The SMILES string of the molecule is CCC1c2c(C#N)ncn2-c2cnc(Nc3ccc(C(=O)NC4CCN(C5CCN(CC)CC5)CC4)cc3OC)nc2N1C(C)C. The summed E-state index contributed by atoms with van der Waals surface area (Å²) in [4.78, 5) is 34.6. The Hall–Kier alpha value is -4.21. The number of carbonyl (C=O) groups is 1. The van der Waals surface area contributed by atoms with Gasteiger partial charge in [-0.3, -0.25) is 9.36 Å². The second-order valence-electron chi connectivity index (χ2n) is 12.8. The predicted octanol–water partition coefficient (Wildman–Crippen LogP) is 4.64. The Labute approximate surface area is 271 Å². The molecular weight excluding hydrogens is 580 g/mol. The van der Waals surface area contributed by atoms with Crippen LogP contribution in [0.5, 0.6) is 5.75 Å². The smallest absolute Gasteiger partial charge is 0.251 e. The largest absolute Gasteiger partial charge is 0.495 e. The van der Waals surface area contributed by atoms with E-state index in [0.29, 0.717) is 34.7 Å². The number of likely N-dealkylation sites (tertiary alicyclic amines) is 2. The van der Waals surface area contributed by atoms with Gasteiger partial charge < -0.3 is 30.1 Å². The number of nitrogens with zero attached hydrogens (tertiary/aromatic N) is 8. The van der Waals surface area contributed by atoms with Gasteiger partial charge in [0.15, 0.2) is 11.5 Å². The van der Waals surface area contributed by atoms with Crippen LogP contribution in [0.15, 0.2) is 30.7 Å². The number of nitriles is 1. The van der Waals surface area contributed by atoms with E-state index >= 15 is 0 Å². The number of ether oxygens (including phenoxy) is 1. The Bertz CT molecular complexity index is 1580. The zero-order chi connectivity index (χ0) is 32.4. The van der Waals surface area contributed by atoms with Crippen LogP contribution in [0.25, 0.3) is 5.69 Å². The minimum atomic E-state index is -0.0874. The first-order valence-electron chi connectivity index (χ1n) is 16.7. The highest BCUT2D eigenvalue weighted by molar-refractivity contribution is 5.95. The molecule has 12 nitrogen and oxygen atoms in total. The summed E-state index contributed by atoms with van der Waals surface area (Å²) in [6, 6.07) is 8.57. The molecule has 3 aliphatic heterocycles. The van der Waals surface area contributed by atoms with Crippen molar-refractivity contribution < 1.29 is 9.53 Å². The zero-order valence-corrected chi connectivity index (χ0v) is 27.7. The summed E-state index contributed by atoms with van der Waals surface area (Å²) in [5.41, 5.74) is 3.29. The third-order valence-electron chi connectivity index (χ3n) is 9.85. The number of amides is 1. The molecule has 1 aromatic carbocycles. The summed E-state index contributed by atoms with van der Waals surface area (Å²) in [6.45, 7) is 14.2. The lowest BCUT2D eigenvalue weighted by molar-refractivity contribution is 0.0776. The summed E-state index contributed by atoms with van der Waals surface area (Å²) >= 11 is 0. The number of imidazole rings is 1. The molecule has 2 N–H and O–H groups in total. The molecule has 0 radical (unpaired) electrons. The predicted molar refractivity (Wildman–Crippen MR) is 178 cm³/mol. The number of methoxy groups -OCH3 is 1. The number of fused-ring (bicyclic) bond motifs is 3. The van der Waals surface area contributed by atoms with E-state index in [4.69, 9.17) is 9.72 Å². The molecule has 0 saturated carbocycles. The monoisotopic (exact) mass is 626 g/mol. The van der Waals surface area contributed by atoms with Crippen LogP contribution >= 0.6 is 0 Å². The van der Waals surface area contributed by atoms with Crippen LogP contribution in [-0.2, 0) is 0 Å². The number of nitrogens with one attached hydrogen (secondary N) is 2. The number of benzene rings is 1. The fourth-order valence-corrected chi connectivity index (χ4v) is 7.35. The lowest BCUT2D eigenvalue weighted by atomic mass is 9.97. The summed E-state index contributed by atoms with van der Waals surface area (Å²) in [5, 5.41) is 16.3. The molecule has 244 valence electrons.